The Balaban J connectivity index is 3.40. The fourth-order valence-corrected chi connectivity index (χ4v) is 0.270. The first kappa shape index (κ1) is 7.47. The van der Waals surface area contributed by atoms with E-state index < -0.39 is 12.1 Å². The van der Waals surface area contributed by atoms with Crippen LogP contribution in [0.1, 0.15) is 0 Å². The predicted molar refractivity (Wildman–Crippen MR) is 35.3 cm³/mol. The summed E-state index contributed by atoms with van der Waals surface area (Å²) in [5.41, 5.74) is 4.55. The molecule has 0 heterocycles. The van der Waals surface area contributed by atoms with Crippen molar-refractivity contribution in [1.82, 2.24) is 8.85 Å². The fourth-order valence-electron chi connectivity index (χ4n) is 0.136. The third kappa shape index (κ3) is 3.65. The van der Waals surface area contributed by atoms with Gasteiger partial charge in [0, 0.05) is 0 Å². The van der Waals surface area contributed by atoms with Crippen LogP contribution in [0.3, 0.4) is 0 Å². The van der Waals surface area contributed by atoms with Gasteiger partial charge in [-0.3, -0.25) is 8.85 Å². The molecule has 0 radical (unpaired) electrons. The zero-order chi connectivity index (χ0) is 6.57. The molecule has 46 valence electrons. The van der Waals surface area contributed by atoms with E-state index in [1.807, 2.05) is 0 Å². The first-order valence-electron chi connectivity index (χ1n) is 1.64. The van der Waals surface area contributed by atoms with Crippen molar-refractivity contribution in [3.05, 3.63) is 0 Å². The number of nitrogens with one attached hydrogen (secondary N) is 2. The van der Waals surface area contributed by atoms with Gasteiger partial charge in [-0.25, -0.2) is 9.59 Å². The van der Waals surface area contributed by atoms with E-state index in [-0.39, 0.29) is 0 Å². The average molecular weight is 229 g/mol. The lowest BCUT2D eigenvalue weighted by molar-refractivity contribution is 0.235. The summed E-state index contributed by atoms with van der Waals surface area (Å²) in [6, 6.07) is -1.47. The molecule has 8 heavy (non-hydrogen) atoms. The van der Waals surface area contributed by atoms with Crippen molar-refractivity contribution in [3.63, 3.8) is 0 Å². The molecule has 0 unspecified atom stereocenters. The normalized spacial score (nSPS) is 7.62. The molecule has 0 saturated carbocycles. The Morgan fingerprint density at radius 1 is 1.50 bits per heavy atom. The van der Waals surface area contributed by atoms with Gasteiger partial charge in [-0.15, -0.1) is 0 Å². The van der Waals surface area contributed by atoms with Crippen LogP contribution in [0.2, 0.25) is 0 Å². The first-order chi connectivity index (χ1) is 3.66. The smallest absolute Gasteiger partial charge is 0.331 e. The number of amides is 4. The van der Waals surface area contributed by atoms with E-state index in [9.17, 15) is 9.59 Å². The molecule has 0 aromatic carbocycles. The molecular weight excluding hydrogens is 225 g/mol. The van der Waals surface area contributed by atoms with Gasteiger partial charge in [0.25, 0.3) is 0 Å². The first-order valence-corrected chi connectivity index (χ1v) is 2.71. The number of hydrogen-bond donors (Lipinski definition) is 3. The van der Waals surface area contributed by atoms with Crippen LogP contribution in [0.25, 0.3) is 0 Å². The van der Waals surface area contributed by atoms with Crippen LogP contribution in [0, 0.1) is 0 Å². The maximum atomic E-state index is 10.1. The molecule has 0 atom stereocenters. The second kappa shape index (κ2) is 3.47. The summed E-state index contributed by atoms with van der Waals surface area (Å²) >= 11 is 1.58. The van der Waals surface area contributed by atoms with Crippen LogP contribution >= 0.6 is 22.9 Å². The van der Waals surface area contributed by atoms with Crippen LogP contribution in [-0.2, 0) is 0 Å². The van der Waals surface area contributed by atoms with Crippen LogP contribution in [0.5, 0.6) is 0 Å². The summed E-state index contributed by atoms with van der Waals surface area (Å²) in [5.74, 6) is 0. The van der Waals surface area contributed by atoms with Crippen LogP contribution < -0.4 is 14.6 Å². The zero-order valence-corrected chi connectivity index (χ0v) is 5.93. The maximum Gasteiger partial charge on any atom is 0.331 e. The Hall–Kier alpha value is -0.530. The number of imide groups is 1. The minimum atomic E-state index is -0.862. The second-order valence-corrected chi connectivity index (χ2v) is 1.45. The molecule has 5 nitrogen and oxygen atoms in total. The Bertz CT molecular complexity index is 114. The summed E-state index contributed by atoms with van der Waals surface area (Å²) in [7, 11) is 0. The van der Waals surface area contributed by atoms with Crippen molar-refractivity contribution in [2.75, 3.05) is 0 Å². The Morgan fingerprint density at radius 2 is 2.00 bits per heavy atom. The molecule has 0 aliphatic carbocycles. The Morgan fingerprint density at radius 3 is 2.12 bits per heavy atom. The summed E-state index contributed by atoms with van der Waals surface area (Å²) in [6.45, 7) is 0. The van der Waals surface area contributed by atoms with Crippen molar-refractivity contribution in [3.8, 4) is 0 Å². The molecule has 0 aromatic heterocycles. The van der Waals surface area contributed by atoms with Gasteiger partial charge < -0.3 is 5.73 Å². The topological polar surface area (TPSA) is 84.2 Å². The number of primary amides is 1. The molecule has 0 aromatic rings. The highest BCUT2D eigenvalue weighted by atomic mass is 127. The largest absolute Gasteiger partial charge is 0.351 e. The van der Waals surface area contributed by atoms with E-state index in [4.69, 9.17) is 0 Å². The molecule has 4 amide bonds. The van der Waals surface area contributed by atoms with Crippen molar-refractivity contribution in [1.29, 1.82) is 0 Å². The average Bonchev–Trinajstić information content (AvgIpc) is 1.65. The third-order valence-corrected chi connectivity index (χ3v) is 0.812. The highest BCUT2D eigenvalue weighted by molar-refractivity contribution is 14.1. The van der Waals surface area contributed by atoms with E-state index in [0.29, 0.717) is 0 Å². The van der Waals surface area contributed by atoms with Crippen LogP contribution in [-0.4, -0.2) is 12.1 Å². The van der Waals surface area contributed by atoms with Gasteiger partial charge in [-0.1, -0.05) is 0 Å². The standard InChI is InChI=1S/C2H4IN3O2/c3-6-2(8)5-1(4)7/h(H4,4,5,6,7,8). The molecule has 0 rings (SSSR count). The number of urea groups is 2. The minimum absolute atomic E-state index is 0.613. The fraction of sp³-hybridized carbons (Fsp3) is 0. The van der Waals surface area contributed by atoms with Crippen molar-refractivity contribution >= 4 is 34.9 Å². The number of halogens is 1. The van der Waals surface area contributed by atoms with E-state index >= 15 is 0 Å². The molecular formula is C2H4IN3O2. The van der Waals surface area contributed by atoms with E-state index in [1.54, 1.807) is 28.2 Å². The molecule has 0 spiro atoms. The van der Waals surface area contributed by atoms with Crippen LogP contribution in [0.4, 0.5) is 9.59 Å². The van der Waals surface area contributed by atoms with Crippen molar-refractivity contribution in [2.45, 2.75) is 0 Å². The lowest BCUT2D eigenvalue weighted by Crippen LogP contribution is -2.38. The molecule has 0 aliphatic rings. The number of nitrogens with two attached hydrogens (primary N) is 1. The Labute approximate surface area is 59.5 Å². The van der Waals surface area contributed by atoms with E-state index in [0.717, 1.165) is 0 Å². The predicted octanol–water partition coefficient (Wildman–Crippen LogP) is -0.286. The van der Waals surface area contributed by atoms with Gasteiger partial charge in [0.2, 0.25) is 0 Å². The van der Waals surface area contributed by atoms with E-state index in [2.05, 4.69) is 9.26 Å². The Kier molecular flexibility index (Phi) is 3.24. The zero-order valence-electron chi connectivity index (χ0n) is 3.77. The minimum Gasteiger partial charge on any atom is -0.351 e. The molecule has 0 bridgehead atoms. The second-order valence-electron chi connectivity index (χ2n) is 0.913. The number of carbonyl (C=O) groups is 2. The van der Waals surface area contributed by atoms with Gasteiger partial charge in [-0.05, 0) is 0 Å². The lowest BCUT2D eigenvalue weighted by atomic mass is 10.9. The van der Waals surface area contributed by atoms with E-state index in [1.165, 1.54) is 0 Å². The van der Waals surface area contributed by atoms with Gasteiger partial charge >= 0.3 is 12.1 Å². The number of hydrogen-bond acceptors (Lipinski definition) is 2. The number of carbonyl (C=O) groups excluding carboxylic acids is 2. The van der Waals surface area contributed by atoms with Crippen molar-refractivity contribution < 1.29 is 9.59 Å². The van der Waals surface area contributed by atoms with Crippen LogP contribution in [0.15, 0.2) is 0 Å². The lowest BCUT2D eigenvalue weighted by Gasteiger charge is -1.93. The molecule has 0 saturated heterocycles. The third-order valence-electron chi connectivity index (χ3n) is 0.323. The van der Waals surface area contributed by atoms with Gasteiger partial charge in [0.1, 0.15) is 0 Å². The molecule has 4 N–H and O–H groups in total. The molecule has 0 fully saturated rings. The molecule has 6 heteroatoms. The monoisotopic (exact) mass is 229 g/mol. The SMILES string of the molecule is NC(=O)NC(=O)NI. The summed E-state index contributed by atoms with van der Waals surface area (Å²) < 4.78 is 2.12. The summed E-state index contributed by atoms with van der Waals surface area (Å²) in [4.78, 5) is 19.9. The van der Waals surface area contributed by atoms with Gasteiger partial charge in [-0.2, -0.15) is 0 Å². The quantitative estimate of drug-likeness (QED) is 0.394. The highest BCUT2D eigenvalue weighted by Crippen LogP contribution is 1.68. The summed E-state index contributed by atoms with van der Waals surface area (Å²) in [6.07, 6.45) is 0. The van der Waals surface area contributed by atoms with Gasteiger partial charge in [0.15, 0.2) is 0 Å². The summed E-state index contributed by atoms with van der Waals surface area (Å²) in [5, 5.41) is 1.77. The van der Waals surface area contributed by atoms with Gasteiger partial charge in [0.05, 0.1) is 22.9 Å². The maximum absolute atomic E-state index is 10.1. The highest BCUT2D eigenvalue weighted by Gasteiger charge is 1.97. The molecule has 0 aliphatic heterocycles. The van der Waals surface area contributed by atoms with Crippen molar-refractivity contribution in [2.24, 2.45) is 5.73 Å². The number of rotatable bonds is 0.